The zero-order valence-electron chi connectivity index (χ0n) is 28.7. The van der Waals surface area contributed by atoms with Crippen molar-refractivity contribution in [1.29, 1.82) is 0 Å². The van der Waals surface area contributed by atoms with Crippen molar-refractivity contribution in [3.8, 4) is 0 Å². The Bertz CT molecular complexity index is 911. The maximum atomic E-state index is 12.3. The van der Waals surface area contributed by atoms with E-state index in [1.165, 1.54) is 57.8 Å². The van der Waals surface area contributed by atoms with Crippen LogP contribution < -0.4 is 0 Å². The van der Waals surface area contributed by atoms with Crippen LogP contribution >= 0.6 is 7.82 Å². The zero-order chi connectivity index (χ0) is 33.7. The third-order valence-electron chi connectivity index (χ3n) is 7.81. The Hall–Kier alpha value is -1.77. The normalized spacial score (nSPS) is 17.3. The summed E-state index contributed by atoms with van der Waals surface area (Å²) >= 11 is 0. The number of hydrogen-bond acceptors (Lipinski definition) is 7. The van der Waals surface area contributed by atoms with Gasteiger partial charge in [0.05, 0.1) is 18.8 Å². The van der Waals surface area contributed by atoms with Crippen LogP contribution in [0.4, 0.5) is 0 Å². The van der Waals surface area contributed by atoms with E-state index < -0.39 is 32.5 Å². The molecule has 1 fully saturated rings. The molecule has 1 heterocycles. The van der Waals surface area contributed by atoms with E-state index >= 15 is 0 Å². The van der Waals surface area contributed by atoms with Crippen LogP contribution in [0, 0.1) is 0 Å². The van der Waals surface area contributed by atoms with Crippen molar-refractivity contribution in [2.24, 2.45) is 0 Å². The predicted octanol–water partition coefficient (Wildman–Crippen LogP) is 9.22. The van der Waals surface area contributed by atoms with Crippen molar-refractivity contribution in [2.45, 2.75) is 167 Å². The molecule has 266 valence electrons. The van der Waals surface area contributed by atoms with Gasteiger partial charge in [-0.05, 0) is 51.4 Å². The standard InChI is InChI=1S/C36H63O9P/c1-3-5-7-9-11-13-15-17-19-25-29-36(38)44-32(31-43-46(39,40)41)30-42-35(37)28-24-21-20-23-27-34-33(45-34)26-22-18-16-14-12-10-8-6-4-2/h12,14,18,20,22-23,32-34H,3-11,13,15-17,19,21,24-31H2,1-2H3,(H2,39,40,41)/b14-12-,22-18-,23-20-/t32-,33?,34?/m1/s1. The van der Waals surface area contributed by atoms with E-state index in [1.54, 1.807) is 0 Å². The number of phosphoric acid groups is 1. The van der Waals surface area contributed by atoms with Crippen molar-refractivity contribution in [3.05, 3.63) is 36.5 Å². The molecule has 0 saturated carbocycles. The lowest BCUT2D eigenvalue weighted by Gasteiger charge is -2.18. The number of phosphoric ester groups is 1. The van der Waals surface area contributed by atoms with Crippen molar-refractivity contribution in [3.63, 3.8) is 0 Å². The second-order valence-electron chi connectivity index (χ2n) is 12.2. The molecule has 3 atom stereocenters. The monoisotopic (exact) mass is 670 g/mol. The molecule has 2 unspecified atom stereocenters. The summed E-state index contributed by atoms with van der Waals surface area (Å²) in [5.41, 5.74) is 0. The average Bonchev–Trinajstić information content (AvgIpc) is 3.77. The van der Waals surface area contributed by atoms with Crippen LogP contribution in [0.15, 0.2) is 36.5 Å². The second kappa shape index (κ2) is 28.3. The number of epoxide rings is 1. The third-order valence-corrected chi connectivity index (χ3v) is 8.30. The van der Waals surface area contributed by atoms with Crippen molar-refractivity contribution >= 4 is 19.8 Å². The maximum absolute atomic E-state index is 12.3. The molecule has 0 bridgehead atoms. The highest BCUT2D eigenvalue weighted by atomic mass is 31.2. The number of hydrogen-bond donors (Lipinski definition) is 2. The molecule has 1 saturated heterocycles. The van der Waals surface area contributed by atoms with E-state index in [0.717, 1.165) is 51.4 Å². The number of rotatable bonds is 31. The van der Waals surface area contributed by atoms with Gasteiger partial charge in [-0.1, -0.05) is 121 Å². The van der Waals surface area contributed by atoms with Gasteiger partial charge in [-0.3, -0.25) is 14.1 Å². The van der Waals surface area contributed by atoms with Crippen LogP contribution in [0.3, 0.4) is 0 Å². The van der Waals surface area contributed by atoms with Gasteiger partial charge in [-0.15, -0.1) is 0 Å². The topological polar surface area (TPSA) is 132 Å². The first-order valence-electron chi connectivity index (χ1n) is 17.9. The number of unbranched alkanes of at least 4 members (excludes halogenated alkanes) is 13. The molecule has 0 amide bonds. The van der Waals surface area contributed by atoms with E-state index in [4.69, 9.17) is 24.0 Å². The molecule has 46 heavy (non-hydrogen) atoms. The van der Waals surface area contributed by atoms with Crippen LogP contribution in [0.2, 0.25) is 0 Å². The minimum Gasteiger partial charge on any atom is -0.462 e. The fraction of sp³-hybridized carbons (Fsp3) is 0.778. The molecule has 1 aliphatic heterocycles. The van der Waals surface area contributed by atoms with Crippen molar-refractivity contribution in [2.75, 3.05) is 13.2 Å². The fourth-order valence-electron chi connectivity index (χ4n) is 4.99. The van der Waals surface area contributed by atoms with Gasteiger partial charge in [0.15, 0.2) is 6.10 Å². The second-order valence-corrected chi connectivity index (χ2v) is 13.5. The van der Waals surface area contributed by atoms with E-state index in [-0.39, 0.29) is 31.7 Å². The van der Waals surface area contributed by atoms with Crippen molar-refractivity contribution < 1.29 is 42.7 Å². The molecule has 0 aromatic carbocycles. The molecular weight excluding hydrogens is 607 g/mol. The minimum absolute atomic E-state index is 0.184. The molecule has 0 aromatic rings. The summed E-state index contributed by atoms with van der Waals surface area (Å²) in [4.78, 5) is 42.6. The molecule has 1 rings (SSSR count). The summed E-state index contributed by atoms with van der Waals surface area (Å²) in [6.07, 6.45) is 33.3. The predicted molar refractivity (Wildman–Crippen MR) is 183 cm³/mol. The number of allylic oxidation sites excluding steroid dienone is 4. The van der Waals surface area contributed by atoms with E-state index in [0.29, 0.717) is 12.8 Å². The van der Waals surface area contributed by atoms with Crippen LogP contribution in [0.1, 0.15) is 149 Å². The lowest BCUT2D eigenvalue weighted by atomic mass is 10.1. The summed E-state index contributed by atoms with van der Waals surface area (Å²) in [7, 11) is -4.76. The van der Waals surface area contributed by atoms with Gasteiger partial charge in [-0.25, -0.2) is 4.57 Å². The molecule has 0 spiro atoms. The van der Waals surface area contributed by atoms with E-state index in [1.807, 2.05) is 6.08 Å². The Morgan fingerprint density at radius 3 is 1.85 bits per heavy atom. The first-order valence-corrected chi connectivity index (χ1v) is 19.4. The lowest BCUT2D eigenvalue weighted by Crippen LogP contribution is -2.29. The summed E-state index contributed by atoms with van der Waals surface area (Å²) in [5.74, 6) is -0.961. The Morgan fingerprint density at radius 1 is 0.674 bits per heavy atom. The number of ether oxygens (including phenoxy) is 3. The van der Waals surface area contributed by atoms with Gasteiger partial charge in [0.1, 0.15) is 6.61 Å². The van der Waals surface area contributed by atoms with Gasteiger partial charge in [0.2, 0.25) is 0 Å². The highest BCUT2D eigenvalue weighted by Crippen LogP contribution is 2.36. The Kier molecular flexibility index (Phi) is 26.0. The molecule has 10 heteroatoms. The lowest BCUT2D eigenvalue weighted by molar-refractivity contribution is -0.161. The smallest absolute Gasteiger partial charge is 0.462 e. The number of carbonyl (C=O) groups is 2. The SMILES string of the molecule is CCCCC/C=C\C/C=C\CC1OC1C/C=C\CCCC(=O)OC[C@H](COP(=O)(O)O)OC(=O)CCCCCCCCCCCC. The Labute approximate surface area is 278 Å². The first-order chi connectivity index (χ1) is 22.2. The van der Waals surface area contributed by atoms with E-state index in [2.05, 4.69) is 48.8 Å². The van der Waals surface area contributed by atoms with E-state index in [9.17, 15) is 14.2 Å². The molecular formula is C36H63O9P. The maximum Gasteiger partial charge on any atom is 0.469 e. The largest absolute Gasteiger partial charge is 0.469 e. The van der Waals surface area contributed by atoms with Gasteiger partial charge in [-0.2, -0.15) is 0 Å². The average molecular weight is 671 g/mol. The Balaban J connectivity index is 2.16. The summed E-state index contributed by atoms with van der Waals surface area (Å²) in [6.45, 7) is 3.56. The van der Waals surface area contributed by atoms with Gasteiger partial charge in [0.25, 0.3) is 0 Å². The molecule has 0 radical (unpaired) electrons. The molecule has 9 nitrogen and oxygen atoms in total. The number of carbonyl (C=O) groups excluding carboxylic acids is 2. The van der Waals surface area contributed by atoms with Crippen LogP contribution in [-0.4, -0.2) is 53.3 Å². The highest BCUT2D eigenvalue weighted by Gasteiger charge is 2.36. The van der Waals surface area contributed by atoms with Crippen LogP contribution in [0.5, 0.6) is 0 Å². The zero-order valence-corrected chi connectivity index (χ0v) is 29.6. The fourth-order valence-corrected chi connectivity index (χ4v) is 5.35. The first kappa shape index (κ1) is 42.3. The molecule has 2 N–H and O–H groups in total. The van der Waals surface area contributed by atoms with Gasteiger partial charge < -0.3 is 24.0 Å². The third kappa shape index (κ3) is 27.4. The molecule has 1 aliphatic rings. The van der Waals surface area contributed by atoms with Gasteiger partial charge in [0, 0.05) is 12.8 Å². The Morgan fingerprint density at radius 2 is 1.20 bits per heavy atom. The summed E-state index contributed by atoms with van der Waals surface area (Å²) in [5, 5.41) is 0. The van der Waals surface area contributed by atoms with Crippen LogP contribution in [-0.2, 0) is 32.9 Å². The molecule has 0 aromatic heterocycles. The quantitative estimate of drug-likeness (QED) is 0.0244. The number of esters is 2. The highest BCUT2D eigenvalue weighted by molar-refractivity contribution is 7.46. The van der Waals surface area contributed by atoms with Crippen LogP contribution in [0.25, 0.3) is 0 Å². The summed E-state index contributed by atoms with van der Waals surface area (Å²) in [6, 6.07) is 0. The summed E-state index contributed by atoms with van der Waals surface area (Å²) < 4.78 is 31.9. The molecule has 0 aliphatic carbocycles. The van der Waals surface area contributed by atoms with Crippen molar-refractivity contribution in [1.82, 2.24) is 0 Å². The minimum atomic E-state index is -4.76. The van der Waals surface area contributed by atoms with Gasteiger partial charge >= 0.3 is 19.8 Å².